The molecule has 0 aromatic heterocycles. The second kappa shape index (κ2) is 4.53. The highest BCUT2D eigenvalue weighted by molar-refractivity contribution is 5.38. The average molecular weight is 207 g/mol. The molecule has 2 rings (SSSR count). The molecule has 3 heteroatoms. The summed E-state index contributed by atoms with van der Waals surface area (Å²) in [5, 5.41) is 22.2. The van der Waals surface area contributed by atoms with Gasteiger partial charge >= 0.3 is 0 Å². The van der Waals surface area contributed by atoms with Crippen LogP contribution < -0.4 is 5.32 Å². The Morgan fingerprint density at radius 1 is 1.07 bits per heavy atom. The van der Waals surface area contributed by atoms with Crippen molar-refractivity contribution in [3.05, 3.63) is 23.8 Å². The van der Waals surface area contributed by atoms with Gasteiger partial charge in [0.15, 0.2) is 0 Å². The fourth-order valence-corrected chi connectivity index (χ4v) is 2.16. The van der Waals surface area contributed by atoms with Crippen molar-refractivity contribution in [2.45, 2.75) is 25.2 Å². The molecule has 1 aromatic rings. The molecule has 0 amide bonds. The topological polar surface area (TPSA) is 52.5 Å². The van der Waals surface area contributed by atoms with Gasteiger partial charge in [0.2, 0.25) is 0 Å². The Kier molecular flexibility index (Phi) is 3.11. The molecular weight excluding hydrogens is 190 g/mol. The summed E-state index contributed by atoms with van der Waals surface area (Å²) >= 11 is 0. The number of nitrogens with one attached hydrogen (secondary N) is 1. The van der Waals surface area contributed by atoms with Gasteiger partial charge < -0.3 is 15.5 Å². The van der Waals surface area contributed by atoms with E-state index in [1.165, 1.54) is 18.9 Å². The van der Waals surface area contributed by atoms with Crippen molar-refractivity contribution in [1.29, 1.82) is 0 Å². The zero-order valence-electron chi connectivity index (χ0n) is 8.74. The van der Waals surface area contributed by atoms with E-state index in [0.717, 1.165) is 25.1 Å². The van der Waals surface area contributed by atoms with Crippen LogP contribution >= 0.6 is 0 Å². The summed E-state index contributed by atoms with van der Waals surface area (Å²) in [6.07, 6.45) is 3.53. The summed E-state index contributed by atoms with van der Waals surface area (Å²) in [7, 11) is 0. The molecule has 1 atom stereocenters. The van der Waals surface area contributed by atoms with Crippen LogP contribution in [0.4, 0.5) is 0 Å². The maximum Gasteiger partial charge on any atom is 0.119 e. The Labute approximate surface area is 89.8 Å². The van der Waals surface area contributed by atoms with Crippen LogP contribution in [0.25, 0.3) is 0 Å². The van der Waals surface area contributed by atoms with Gasteiger partial charge in [-0.3, -0.25) is 0 Å². The molecule has 15 heavy (non-hydrogen) atoms. The molecule has 3 nitrogen and oxygen atoms in total. The standard InChI is InChI=1S/C12H17NO2/c14-11-5-10(6-12(15)7-11)9-3-1-2-4-13-8-9/h5-7,9,13-15H,1-4,8H2. The lowest BCUT2D eigenvalue weighted by Gasteiger charge is -2.15. The van der Waals surface area contributed by atoms with Crippen molar-refractivity contribution < 1.29 is 10.2 Å². The van der Waals surface area contributed by atoms with Crippen LogP contribution in [0.1, 0.15) is 30.7 Å². The maximum atomic E-state index is 9.41. The van der Waals surface area contributed by atoms with Gasteiger partial charge in [-0.25, -0.2) is 0 Å². The van der Waals surface area contributed by atoms with Gasteiger partial charge in [-0.15, -0.1) is 0 Å². The van der Waals surface area contributed by atoms with Gasteiger partial charge in [-0.05, 0) is 43.0 Å². The Balaban J connectivity index is 2.19. The number of benzene rings is 1. The van der Waals surface area contributed by atoms with Gasteiger partial charge in [0, 0.05) is 12.6 Å². The number of phenolic OH excluding ortho intramolecular Hbond substituents is 2. The minimum absolute atomic E-state index is 0.147. The maximum absolute atomic E-state index is 9.41. The Morgan fingerprint density at radius 3 is 2.53 bits per heavy atom. The summed E-state index contributed by atoms with van der Waals surface area (Å²) in [5.74, 6) is 0.703. The molecule has 1 aliphatic heterocycles. The molecule has 1 unspecified atom stereocenters. The van der Waals surface area contributed by atoms with E-state index >= 15 is 0 Å². The Bertz CT molecular complexity index is 310. The molecule has 0 radical (unpaired) electrons. The van der Waals surface area contributed by atoms with E-state index in [0.29, 0.717) is 5.92 Å². The second-order valence-electron chi connectivity index (χ2n) is 4.18. The quantitative estimate of drug-likeness (QED) is 0.659. The van der Waals surface area contributed by atoms with E-state index in [4.69, 9.17) is 0 Å². The van der Waals surface area contributed by atoms with Gasteiger partial charge in [-0.2, -0.15) is 0 Å². The van der Waals surface area contributed by atoms with Crippen LogP contribution in [0.15, 0.2) is 18.2 Å². The van der Waals surface area contributed by atoms with Gasteiger partial charge in [-0.1, -0.05) is 6.42 Å². The minimum atomic E-state index is 0.147. The molecule has 0 spiro atoms. The monoisotopic (exact) mass is 207 g/mol. The van der Waals surface area contributed by atoms with Crippen molar-refractivity contribution >= 4 is 0 Å². The predicted octanol–water partition coefficient (Wildman–Crippen LogP) is 1.95. The molecule has 1 saturated heterocycles. The van der Waals surface area contributed by atoms with E-state index in [1.807, 2.05) is 0 Å². The third-order valence-electron chi connectivity index (χ3n) is 2.94. The van der Waals surface area contributed by atoms with Crippen molar-refractivity contribution in [2.75, 3.05) is 13.1 Å². The molecule has 1 aliphatic rings. The first-order valence-corrected chi connectivity index (χ1v) is 5.49. The van der Waals surface area contributed by atoms with Gasteiger partial charge in [0.25, 0.3) is 0 Å². The lowest BCUT2D eigenvalue weighted by molar-refractivity contribution is 0.447. The second-order valence-corrected chi connectivity index (χ2v) is 4.18. The van der Waals surface area contributed by atoms with Crippen LogP contribution in [-0.4, -0.2) is 23.3 Å². The smallest absolute Gasteiger partial charge is 0.119 e. The summed E-state index contributed by atoms with van der Waals surface area (Å²) in [5.41, 5.74) is 1.03. The van der Waals surface area contributed by atoms with Crippen LogP contribution in [0.2, 0.25) is 0 Å². The first-order valence-electron chi connectivity index (χ1n) is 5.49. The fourth-order valence-electron chi connectivity index (χ4n) is 2.16. The van der Waals surface area contributed by atoms with Gasteiger partial charge in [0.1, 0.15) is 11.5 Å². The lowest BCUT2D eigenvalue weighted by Crippen LogP contribution is -2.19. The largest absolute Gasteiger partial charge is 0.508 e. The third-order valence-corrected chi connectivity index (χ3v) is 2.94. The van der Waals surface area contributed by atoms with Crippen molar-refractivity contribution in [3.8, 4) is 11.5 Å². The molecule has 1 aromatic carbocycles. The molecule has 0 aliphatic carbocycles. The van der Waals surface area contributed by atoms with Crippen molar-refractivity contribution in [1.82, 2.24) is 5.32 Å². The number of aromatic hydroxyl groups is 2. The van der Waals surface area contributed by atoms with Crippen LogP contribution in [0.3, 0.4) is 0 Å². The first kappa shape index (κ1) is 10.3. The normalized spacial score (nSPS) is 22.3. The number of hydrogen-bond acceptors (Lipinski definition) is 3. The molecule has 0 saturated carbocycles. The molecule has 82 valence electrons. The average Bonchev–Trinajstić information content (AvgIpc) is 2.43. The summed E-state index contributed by atoms with van der Waals surface area (Å²) < 4.78 is 0. The van der Waals surface area contributed by atoms with E-state index in [1.54, 1.807) is 12.1 Å². The SMILES string of the molecule is Oc1cc(O)cc(C2CCCCNC2)c1. The van der Waals surface area contributed by atoms with Crippen molar-refractivity contribution in [2.24, 2.45) is 0 Å². The van der Waals surface area contributed by atoms with Crippen LogP contribution in [0.5, 0.6) is 11.5 Å². The highest BCUT2D eigenvalue weighted by atomic mass is 16.3. The summed E-state index contributed by atoms with van der Waals surface area (Å²) in [6, 6.07) is 4.86. The zero-order chi connectivity index (χ0) is 10.7. The number of rotatable bonds is 1. The minimum Gasteiger partial charge on any atom is -0.508 e. The molecular formula is C12H17NO2. The molecule has 1 heterocycles. The fraction of sp³-hybridized carbons (Fsp3) is 0.500. The highest BCUT2D eigenvalue weighted by Gasteiger charge is 2.15. The van der Waals surface area contributed by atoms with Crippen molar-refractivity contribution in [3.63, 3.8) is 0 Å². The Morgan fingerprint density at radius 2 is 1.80 bits per heavy atom. The van der Waals surface area contributed by atoms with Gasteiger partial charge in [0.05, 0.1) is 0 Å². The van der Waals surface area contributed by atoms with Crippen LogP contribution in [-0.2, 0) is 0 Å². The molecule has 0 bridgehead atoms. The summed E-state index contributed by atoms with van der Waals surface area (Å²) in [4.78, 5) is 0. The third kappa shape index (κ3) is 2.63. The van der Waals surface area contributed by atoms with E-state index in [9.17, 15) is 10.2 Å². The number of phenols is 2. The molecule has 3 N–H and O–H groups in total. The predicted molar refractivity (Wildman–Crippen MR) is 59.2 cm³/mol. The first-order chi connectivity index (χ1) is 7.25. The van der Waals surface area contributed by atoms with Crippen LogP contribution in [0, 0.1) is 0 Å². The lowest BCUT2D eigenvalue weighted by atomic mass is 9.94. The van der Waals surface area contributed by atoms with E-state index in [-0.39, 0.29) is 11.5 Å². The Hall–Kier alpha value is -1.22. The zero-order valence-corrected chi connectivity index (χ0v) is 8.74. The summed E-state index contributed by atoms with van der Waals surface area (Å²) in [6.45, 7) is 2.00. The highest BCUT2D eigenvalue weighted by Crippen LogP contribution is 2.29. The van der Waals surface area contributed by atoms with E-state index in [2.05, 4.69) is 5.32 Å². The van der Waals surface area contributed by atoms with E-state index < -0.39 is 0 Å². The number of hydrogen-bond donors (Lipinski definition) is 3. The molecule has 1 fully saturated rings.